The molecule has 3 heteroatoms. The molecule has 0 amide bonds. The molecule has 0 bridgehead atoms. The van der Waals surface area contributed by atoms with Gasteiger partial charge in [-0.2, -0.15) is 5.26 Å². The summed E-state index contributed by atoms with van der Waals surface area (Å²) >= 11 is 0. The summed E-state index contributed by atoms with van der Waals surface area (Å²) in [5.41, 5.74) is 2.01. The number of nitrogens with zero attached hydrogens (tertiary/aromatic N) is 1. The number of hydrogen-bond donors (Lipinski definition) is 0. The van der Waals surface area contributed by atoms with Crippen LogP contribution in [0.2, 0.25) is 0 Å². The number of methoxy groups -OCH3 is 1. The zero-order valence-corrected chi connectivity index (χ0v) is 13.2. The summed E-state index contributed by atoms with van der Waals surface area (Å²) in [6, 6.07) is 20.5. The molecule has 0 saturated heterocycles. The van der Waals surface area contributed by atoms with E-state index in [9.17, 15) is 4.79 Å². The van der Waals surface area contributed by atoms with Crippen molar-refractivity contribution in [2.24, 2.45) is 0 Å². The van der Waals surface area contributed by atoms with Crippen molar-refractivity contribution in [2.75, 3.05) is 7.11 Å². The van der Waals surface area contributed by atoms with Gasteiger partial charge < -0.3 is 4.74 Å². The highest BCUT2D eigenvalue weighted by molar-refractivity contribution is 6.15. The Morgan fingerprint density at radius 1 is 1.04 bits per heavy atom. The van der Waals surface area contributed by atoms with Crippen LogP contribution >= 0.6 is 0 Å². The van der Waals surface area contributed by atoms with Crippen LogP contribution in [-0.4, -0.2) is 12.9 Å². The van der Waals surface area contributed by atoms with Crippen LogP contribution in [0.25, 0.3) is 16.8 Å². The number of carbonyl (C=O) groups excluding carboxylic acids is 1. The van der Waals surface area contributed by atoms with Gasteiger partial charge in [0.05, 0.1) is 18.7 Å². The number of rotatable bonds is 4. The summed E-state index contributed by atoms with van der Waals surface area (Å²) in [6.07, 6.45) is 3.26. The van der Waals surface area contributed by atoms with E-state index >= 15 is 0 Å². The Balaban J connectivity index is 1.97. The number of benzene rings is 3. The number of hydrogen-bond acceptors (Lipinski definition) is 3. The molecular formula is C21H15NO2. The second-order valence-corrected chi connectivity index (χ2v) is 5.30. The van der Waals surface area contributed by atoms with Crippen molar-refractivity contribution in [1.29, 1.82) is 5.26 Å². The maximum atomic E-state index is 12.6. The van der Waals surface area contributed by atoms with E-state index in [1.54, 1.807) is 43.5 Å². The molecule has 3 rings (SSSR count). The van der Waals surface area contributed by atoms with Crippen LogP contribution in [0.4, 0.5) is 0 Å². The second-order valence-electron chi connectivity index (χ2n) is 5.30. The first kappa shape index (κ1) is 15.5. The molecule has 3 aromatic carbocycles. The maximum absolute atomic E-state index is 12.6. The molecule has 3 nitrogen and oxygen atoms in total. The Bertz CT molecular complexity index is 981. The first-order chi connectivity index (χ1) is 11.7. The van der Waals surface area contributed by atoms with Gasteiger partial charge in [0.25, 0.3) is 0 Å². The van der Waals surface area contributed by atoms with E-state index in [1.807, 2.05) is 30.3 Å². The van der Waals surface area contributed by atoms with Gasteiger partial charge in [-0.3, -0.25) is 4.79 Å². The van der Waals surface area contributed by atoms with Gasteiger partial charge >= 0.3 is 0 Å². The molecule has 24 heavy (non-hydrogen) atoms. The van der Waals surface area contributed by atoms with Crippen molar-refractivity contribution in [2.45, 2.75) is 0 Å². The molecule has 3 aromatic rings. The lowest BCUT2D eigenvalue weighted by Crippen LogP contribution is -1.97. The van der Waals surface area contributed by atoms with Gasteiger partial charge in [0, 0.05) is 10.9 Å². The first-order valence-corrected chi connectivity index (χ1v) is 7.51. The molecular weight excluding hydrogens is 298 g/mol. The Morgan fingerprint density at radius 3 is 2.58 bits per heavy atom. The minimum absolute atomic E-state index is 0.0868. The smallest absolute Gasteiger partial charge is 0.186 e. The van der Waals surface area contributed by atoms with E-state index in [4.69, 9.17) is 10.00 Å². The summed E-state index contributed by atoms with van der Waals surface area (Å²) in [5, 5.41) is 10.7. The molecule has 0 unspecified atom stereocenters. The SMILES string of the molecule is COc1ccc(C(=O)/C=C/c2cccc(C#N)c2)c2ccccc12. The number of allylic oxidation sites excluding steroid dienone is 1. The van der Waals surface area contributed by atoms with Crippen LogP contribution in [0.15, 0.2) is 66.7 Å². The molecule has 0 heterocycles. The number of ether oxygens (including phenoxy) is 1. The fourth-order valence-corrected chi connectivity index (χ4v) is 2.64. The number of nitriles is 1. The summed E-state index contributed by atoms with van der Waals surface area (Å²) < 4.78 is 5.36. The molecule has 0 aliphatic rings. The van der Waals surface area contributed by atoms with E-state index in [-0.39, 0.29) is 5.78 Å². The van der Waals surface area contributed by atoms with Crippen molar-refractivity contribution in [3.63, 3.8) is 0 Å². The van der Waals surface area contributed by atoms with Gasteiger partial charge in [0.2, 0.25) is 0 Å². The Kier molecular flexibility index (Phi) is 4.40. The molecule has 116 valence electrons. The quantitative estimate of drug-likeness (QED) is 0.522. The Labute approximate surface area is 140 Å². The highest BCUT2D eigenvalue weighted by Crippen LogP contribution is 2.28. The predicted molar refractivity (Wildman–Crippen MR) is 95.0 cm³/mol. The van der Waals surface area contributed by atoms with Gasteiger partial charge in [0.1, 0.15) is 5.75 Å². The molecule has 0 saturated carbocycles. The Morgan fingerprint density at radius 2 is 1.83 bits per heavy atom. The third-order valence-corrected chi connectivity index (χ3v) is 3.81. The van der Waals surface area contributed by atoms with E-state index in [0.717, 1.165) is 22.1 Å². The van der Waals surface area contributed by atoms with Gasteiger partial charge in [-0.25, -0.2) is 0 Å². The lowest BCUT2D eigenvalue weighted by molar-refractivity contribution is 0.104. The van der Waals surface area contributed by atoms with Crippen molar-refractivity contribution in [3.05, 3.63) is 83.4 Å². The molecule has 0 aliphatic carbocycles. The van der Waals surface area contributed by atoms with Crippen LogP contribution in [-0.2, 0) is 0 Å². The lowest BCUT2D eigenvalue weighted by Gasteiger charge is -2.08. The van der Waals surface area contributed by atoms with Crippen molar-refractivity contribution in [1.82, 2.24) is 0 Å². The molecule has 0 aliphatic heterocycles. The molecule has 0 spiro atoms. The normalized spacial score (nSPS) is 10.7. The number of carbonyl (C=O) groups is 1. The molecule has 0 fully saturated rings. The largest absolute Gasteiger partial charge is 0.496 e. The van der Waals surface area contributed by atoms with Crippen LogP contribution in [0.3, 0.4) is 0 Å². The maximum Gasteiger partial charge on any atom is 0.186 e. The third-order valence-electron chi connectivity index (χ3n) is 3.81. The van der Waals surface area contributed by atoms with Crippen molar-refractivity contribution in [3.8, 4) is 11.8 Å². The third kappa shape index (κ3) is 3.04. The summed E-state index contributed by atoms with van der Waals surface area (Å²) in [5.74, 6) is 0.657. The fourth-order valence-electron chi connectivity index (χ4n) is 2.64. The molecule has 0 N–H and O–H groups in total. The Hall–Kier alpha value is -3.38. The van der Waals surface area contributed by atoms with E-state index in [2.05, 4.69) is 6.07 Å². The lowest BCUT2D eigenvalue weighted by atomic mass is 10.00. The average molecular weight is 313 g/mol. The van der Waals surface area contributed by atoms with E-state index < -0.39 is 0 Å². The summed E-state index contributed by atoms with van der Waals surface area (Å²) in [7, 11) is 1.62. The second kappa shape index (κ2) is 6.80. The summed E-state index contributed by atoms with van der Waals surface area (Å²) in [4.78, 5) is 12.6. The fraction of sp³-hybridized carbons (Fsp3) is 0.0476. The average Bonchev–Trinajstić information content (AvgIpc) is 2.65. The van der Waals surface area contributed by atoms with Crippen LogP contribution < -0.4 is 4.74 Å². The van der Waals surface area contributed by atoms with Gasteiger partial charge in [-0.15, -0.1) is 0 Å². The van der Waals surface area contributed by atoms with E-state index in [0.29, 0.717) is 11.1 Å². The minimum Gasteiger partial charge on any atom is -0.496 e. The zero-order valence-electron chi connectivity index (χ0n) is 13.2. The van der Waals surface area contributed by atoms with Crippen molar-refractivity contribution >= 4 is 22.6 Å². The number of ketones is 1. The molecule has 0 atom stereocenters. The van der Waals surface area contributed by atoms with Gasteiger partial charge in [-0.05, 0) is 41.3 Å². The minimum atomic E-state index is -0.0868. The van der Waals surface area contributed by atoms with Crippen molar-refractivity contribution < 1.29 is 9.53 Å². The van der Waals surface area contributed by atoms with Crippen LogP contribution in [0, 0.1) is 11.3 Å². The number of fused-ring (bicyclic) bond motifs is 1. The topological polar surface area (TPSA) is 50.1 Å². The highest BCUT2D eigenvalue weighted by atomic mass is 16.5. The zero-order chi connectivity index (χ0) is 16.9. The van der Waals surface area contributed by atoms with Gasteiger partial charge in [0.15, 0.2) is 5.78 Å². The molecule has 0 aromatic heterocycles. The first-order valence-electron chi connectivity index (χ1n) is 7.51. The van der Waals surface area contributed by atoms with Gasteiger partial charge in [-0.1, -0.05) is 42.5 Å². The monoisotopic (exact) mass is 313 g/mol. The predicted octanol–water partition coefficient (Wildman–Crippen LogP) is 4.62. The van der Waals surface area contributed by atoms with Crippen LogP contribution in [0.1, 0.15) is 21.5 Å². The van der Waals surface area contributed by atoms with E-state index in [1.165, 1.54) is 6.08 Å². The molecule has 0 radical (unpaired) electrons. The standard InChI is InChI=1S/C21H15NO2/c1-24-21-12-10-18(17-7-2-3-8-19(17)21)20(23)11-9-15-5-4-6-16(13-15)14-22/h2-13H,1H3/b11-9+. The highest BCUT2D eigenvalue weighted by Gasteiger charge is 2.10. The summed E-state index contributed by atoms with van der Waals surface area (Å²) in [6.45, 7) is 0. The van der Waals surface area contributed by atoms with Crippen LogP contribution in [0.5, 0.6) is 5.75 Å².